The van der Waals surface area contributed by atoms with E-state index in [1.807, 2.05) is 5.32 Å². The number of hydrogen-bond acceptors (Lipinski definition) is 7. The van der Waals surface area contributed by atoms with E-state index in [0.29, 0.717) is 6.61 Å². The van der Waals surface area contributed by atoms with Crippen molar-refractivity contribution in [3.8, 4) is 5.75 Å². The minimum absolute atomic E-state index is 0.00838. The molecule has 0 bridgehead atoms. The summed E-state index contributed by atoms with van der Waals surface area (Å²) in [5.41, 5.74) is 5.85. The monoisotopic (exact) mass is 359 g/mol. The molecule has 0 heterocycles. The van der Waals surface area contributed by atoms with Crippen molar-refractivity contribution in [3.05, 3.63) is 22.7 Å². The van der Waals surface area contributed by atoms with Gasteiger partial charge in [-0.1, -0.05) is 11.6 Å². The van der Waals surface area contributed by atoms with Crippen molar-refractivity contribution in [3.63, 3.8) is 0 Å². The number of carbonyl (C=O) groups excluding carboxylic acids is 3. The molecule has 0 aromatic heterocycles. The molecule has 0 aliphatic carbocycles. The Morgan fingerprint density at radius 1 is 1.25 bits per heavy atom. The van der Waals surface area contributed by atoms with Crippen molar-refractivity contribution in [2.75, 3.05) is 39.7 Å². The lowest BCUT2D eigenvalue weighted by Gasteiger charge is -2.11. The standard InChI is InChI=1S/C14H18ClN3O6/c1-22-4-3-17-14(21)18-12(19)7-24-13(20)8-5-9(15)10(16)6-11(8)23-2/h5-6H,3-4,7,16H2,1-2H3,(H2,17,18,19,21). The van der Waals surface area contributed by atoms with Crippen LogP contribution in [0.5, 0.6) is 5.75 Å². The van der Waals surface area contributed by atoms with Crippen LogP contribution in [0, 0.1) is 0 Å². The van der Waals surface area contributed by atoms with E-state index in [0.717, 1.165) is 0 Å². The number of ether oxygens (including phenoxy) is 3. The number of halogens is 1. The van der Waals surface area contributed by atoms with Gasteiger partial charge in [0.15, 0.2) is 6.61 Å². The molecule has 1 aromatic rings. The quantitative estimate of drug-likeness (QED) is 0.368. The maximum absolute atomic E-state index is 12.0. The summed E-state index contributed by atoms with van der Waals surface area (Å²) < 4.78 is 14.6. The van der Waals surface area contributed by atoms with E-state index < -0.39 is 24.5 Å². The number of rotatable bonds is 7. The van der Waals surface area contributed by atoms with Crippen LogP contribution in [0.15, 0.2) is 12.1 Å². The number of esters is 1. The normalized spacial score (nSPS) is 9.96. The highest BCUT2D eigenvalue weighted by molar-refractivity contribution is 6.33. The van der Waals surface area contributed by atoms with Gasteiger partial charge in [-0.05, 0) is 6.07 Å². The molecule has 0 aliphatic heterocycles. The van der Waals surface area contributed by atoms with Gasteiger partial charge in [-0.15, -0.1) is 0 Å². The third kappa shape index (κ3) is 5.94. The summed E-state index contributed by atoms with van der Waals surface area (Å²) in [6.07, 6.45) is 0. The molecule has 1 aromatic carbocycles. The lowest BCUT2D eigenvalue weighted by Crippen LogP contribution is -2.42. The molecule has 10 heteroatoms. The first-order chi connectivity index (χ1) is 11.4. The van der Waals surface area contributed by atoms with Crippen LogP contribution in [0.4, 0.5) is 10.5 Å². The van der Waals surface area contributed by atoms with E-state index in [-0.39, 0.29) is 28.6 Å². The molecule has 24 heavy (non-hydrogen) atoms. The number of nitrogens with one attached hydrogen (secondary N) is 2. The average Bonchev–Trinajstić information content (AvgIpc) is 2.54. The highest BCUT2D eigenvalue weighted by atomic mass is 35.5. The van der Waals surface area contributed by atoms with Crippen LogP contribution < -0.4 is 21.1 Å². The zero-order valence-electron chi connectivity index (χ0n) is 13.2. The number of urea groups is 1. The first-order valence-electron chi connectivity index (χ1n) is 6.75. The summed E-state index contributed by atoms with van der Waals surface area (Å²) in [5, 5.41) is 4.52. The lowest BCUT2D eigenvalue weighted by atomic mass is 10.2. The molecule has 0 unspecified atom stereocenters. The number of imide groups is 1. The molecule has 3 amide bonds. The van der Waals surface area contributed by atoms with Crippen LogP contribution in [0.3, 0.4) is 0 Å². The van der Waals surface area contributed by atoms with E-state index in [9.17, 15) is 14.4 Å². The van der Waals surface area contributed by atoms with Gasteiger partial charge in [0.2, 0.25) is 0 Å². The topological polar surface area (TPSA) is 129 Å². The van der Waals surface area contributed by atoms with E-state index in [1.165, 1.54) is 26.4 Å². The second kappa shape index (κ2) is 9.58. The Morgan fingerprint density at radius 3 is 2.58 bits per heavy atom. The first-order valence-corrected chi connectivity index (χ1v) is 7.13. The van der Waals surface area contributed by atoms with Crippen LogP contribution in [-0.2, 0) is 14.3 Å². The summed E-state index contributed by atoms with van der Waals surface area (Å²) in [7, 11) is 2.82. The molecule has 0 atom stereocenters. The van der Waals surface area contributed by atoms with Crippen LogP contribution in [-0.4, -0.2) is 51.9 Å². The minimum atomic E-state index is -0.844. The molecular weight excluding hydrogens is 342 g/mol. The number of anilines is 1. The molecular formula is C14H18ClN3O6. The van der Waals surface area contributed by atoms with Gasteiger partial charge in [-0.3, -0.25) is 10.1 Å². The van der Waals surface area contributed by atoms with Gasteiger partial charge in [0.05, 0.1) is 24.4 Å². The van der Waals surface area contributed by atoms with Crippen molar-refractivity contribution in [1.82, 2.24) is 10.6 Å². The maximum atomic E-state index is 12.0. The molecule has 0 radical (unpaired) electrons. The van der Waals surface area contributed by atoms with Crippen molar-refractivity contribution >= 4 is 35.2 Å². The minimum Gasteiger partial charge on any atom is -0.496 e. The Morgan fingerprint density at radius 2 is 1.96 bits per heavy atom. The summed E-state index contributed by atoms with van der Waals surface area (Å²) in [4.78, 5) is 34.9. The summed E-state index contributed by atoms with van der Waals surface area (Å²) in [6.45, 7) is -0.119. The fourth-order valence-corrected chi connectivity index (χ4v) is 1.74. The van der Waals surface area contributed by atoms with Gasteiger partial charge in [0.1, 0.15) is 11.3 Å². The Labute approximate surface area is 143 Å². The van der Waals surface area contributed by atoms with E-state index in [1.54, 1.807) is 0 Å². The summed E-state index contributed by atoms with van der Waals surface area (Å²) in [6, 6.07) is 1.91. The summed E-state index contributed by atoms with van der Waals surface area (Å²) in [5.74, 6) is -1.48. The average molecular weight is 360 g/mol. The van der Waals surface area contributed by atoms with Crippen molar-refractivity contribution < 1.29 is 28.6 Å². The van der Waals surface area contributed by atoms with Crippen LogP contribution in [0.1, 0.15) is 10.4 Å². The van der Waals surface area contributed by atoms with E-state index in [4.69, 9.17) is 31.5 Å². The summed E-state index contributed by atoms with van der Waals surface area (Å²) >= 11 is 5.85. The van der Waals surface area contributed by atoms with Gasteiger partial charge >= 0.3 is 12.0 Å². The second-order valence-corrected chi connectivity index (χ2v) is 4.85. The fourth-order valence-electron chi connectivity index (χ4n) is 1.58. The molecule has 0 aliphatic rings. The van der Waals surface area contributed by atoms with Gasteiger partial charge in [-0.2, -0.15) is 0 Å². The van der Waals surface area contributed by atoms with Crippen molar-refractivity contribution in [2.45, 2.75) is 0 Å². The zero-order chi connectivity index (χ0) is 18.1. The number of amides is 3. The zero-order valence-corrected chi connectivity index (χ0v) is 13.9. The molecule has 0 saturated carbocycles. The molecule has 4 N–H and O–H groups in total. The van der Waals surface area contributed by atoms with E-state index in [2.05, 4.69) is 5.32 Å². The SMILES string of the molecule is COCCNC(=O)NC(=O)COC(=O)c1cc(Cl)c(N)cc1OC. The predicted molar refractivity (Wildman–Crippen MR) is 86.1 cm³/mol. The number of benzene rings is 1. The van der Waals surface area contributed by atoms with E-state index >= 15 is 0 Å². The number of nitrogens with two attached hydrogens (primary N) is 1. The van der Waals surface area contributed by atoms with Crippen LogP contribution >= 0.6 is 11.6 Å². The van der Waals surface area contributed by atoms with Gasteiger partial charge in [0.25, 0.3) is 5.91 Å². The largest absolute Gasteiger partial charge is 0.496 e. The number of methoxy groups -OCH3 is 2. The molecule has 132 valence electrons. The number of carbonyl (C=O) groups is 3. The van der Waals surface area contributed by atoms with Crippen molar-refractivity contribution in [1.29, 1.82) is 0 Å². The van der Waals surface area contributed by atoms with Gasteiger partial charge < -0.3 is 25.3 Å². The first kappa shape index (κ1) is 19.5. The fraction of sp³-hybridized carbons (Fsp3) is 0.357. The van der Waals surface area contributed by atoms with Crippen LogP contribution in [0.25, 0.3) is 0 Å². The molecule has 0 saturated heterocycles. The Kier molecular flexibility index (Phi) is 7.80. The predicted octanol–water partition coefficient (Wildman–Crippen LogP) is 0.560. The molecule has 0 spiro atoms. The third-order valence-electron chi connectivity index (χ3n) is 2.72. The van der Waals surface area contributed by atoms with Gasteiger partial charge in [0, 0.05) is 19.7 Å². The maximum Gasteiger partial charge on any atom is 0.342 e. The van der Waals surface area contributed by atoms with Gasteiger partial charge in [-0.25, -0.2) is 9.59 Å². The third-order valence-corrected chi connectivity index (χ3v) is 3.05. The molecule has 1 rings (SSSR count). The lowest BCUT2D eigenvalue weighted by molar-refractivity contribution is -0.123. The Hall–Kier alpha value is -2.52. The van der Waals surface area contributed by atoms with Crippen LogP contribution in [0.2, 0.25) is 5.02 Å². The Balaban J connectivity index is 2.55. The highest BCUT2D eigenvalue weighted by Gasteiger charge is 2.18. The molecule has 0 fully saturated rings. The Bertz CT molecular complexity index is 623. The molecule has 9 nitrogen and oxygen atoms in total. The van der Waals surface area contributed by atoms with Crippen molar-refractivity contribution in [2.24, 2.45) is 0 Å². The number of hydrogen-bond donors (Lipinski definition) is 3. The number of nitrogen functional groups attached to an aromatic ring is 1. The second-order valence-electron chi connectivity index (χ2n) is 4.45. The highest BCUT2D eigenvalue weighted by Crippen LogP contribution is 2.29. The smallest absolute Gasteiger partial charge is 0.342 e.